The van der Waals surface area contributed by atoms with E-state index in [1.54, 1.807) is 55.6 Å². The number of aromatic hydroxyl groups is 1. The number of rotatable bonds is 6. The van der Waals surface area contributed by atoms with Crippen molar-refractivity contribution in [2.75, 3.05) is 17.1 Å². The summed E-state index contributed by atoms with van der Waals surface area (Å²) in [4.78, 5) is 25.2. The number of benzene rings is 3. The number of aromatic nitrogens is 1. The van der Waals surface area contributed by atoms with Gasteiger partial charge in [0.05, 0.1) is 34.5 Å². The van der Waals surface area contributed by atoms with Gasteiger partial charge in [-0.25, -0.2) is 8.42 Å². The molecule has 174 valence electrons. The van der Waals surface area contributed by atoms with Crippen LogP contribution in [0, 0.1) is 0 Å². The van der Waals surface area contributed by atoms with Gasteiger partial charge >= 0.3 is 0 Å². The Hall–Kier alpha value is -4.31. The summed E-state index contributed by atoms with van der Waals surface area (Å²) in [6, 6.07) is 18.1. The van der Waals surface area contributed by atoms with Crippen molar-refractivity contribution >= 4 is 38.2 Å². The van der Waals surface area contributed by atoms with Crippen molar-refractivity contribution in [1.29, 1.82) is 0 Å². The Morgan fingerprint density at radius 1 is 0.971 bits per heavy atom. The molecule has 3 aromatic carbocycles. The molecule has 1 amide bonds. The lowest BCUT2D eigenvalue weighted by atomic mass is 10.1. The number of anilines is 2. The highest BCUT2D eigenvalue weighted by Crippen LogP contribution is 2.30. The first-order valence-electron chi connectivity index (χ1n) is 10.1. The van der Waals surface area contributed by atoms with E-state index in [0.29, 0.717) is 16.7 Å². The molecule has 0 saturated heterocycles. The average molecular weight is 480 g/mol. The Morgan fingerprint density at radius 2 is 1.68 bits per heavy atom. The van der Waals surface area contributed by atoms with Crippen LogP contribution in [0.25, 0.3) is 10.9 Å². The van der Waals surface area contributed by atoms with Crippen LogP contribution in [0.15, 0.2) is 82.5 Å². The van der Waals surface area contributed by atoms with E-state index in [-0.39, 0.29) is 33.1 Å². The zero-order chi connectivity index (χ0) is 24.5. The first kappa shape index (κ1) is 22.9. The van der Waals surface area contributed by atoms with Crippen LogP contribution in [-0.2, 0) is 17.1 Å². The number of nitrogens with one attached hydrogen (secondary N) is 2. The number of hydrogen-bond acceptors (Lipinski definition) is 6. The maximum atomic E-state index is 13.0. The molecule has 4 rings (SSSR count). The number of carbonyl (C=O) groups excluding carboxylic acids is 1. The smallest absolute Gasteiger partial charge is 0.262 e. The molecule has 1 heterocycles. The number of methoxy groups -OCH3 is 1. The minimum absolute atomic E-state index is 0.0958. The maximum absolute atomic E-state index is 13.0. The largest absolute Gasteiger partial charge is 0.506 e. The number of hydrogen-bond donors (Lipinski definition) is 3. The summed E-state index contributed by atoms with van der Waals surface area (Å²) in [6.45, 7) is 0. The monoisotopic (exact) mass is 479 g/mol. The van der Waals surface area contributed by atoms with Gasteiger partial charge in [-0.15, -0.1) is 0 Å². The Morgan fingerprint density at radius 3 is 2.44 bits per heavy atom. The second kappa shape index (κ2) is 8.91. The van der Waals surface area contributed by atoms with Gasteiger partial charge in [0.2, 0.25) is 0 Å². The van der Waals surface area contributed by atoms with Crippen LogP contribution in [-0.4, -0.2) is 31.1 Å². The number of ether oxygens (including phenoxy) is 1. The second-order valence-electron chi connectivity index (χ2n) is 7.41. The summed E-state index contributed by atoms with van der Waals surface area (Å²) >= 11 is 0. The molecular weight excluding hydrogens is 458 g/mol. The van der Waals surface area contributed by atoms with Crippen LogP contribution >= 0.6 is 0 Å². The van der Waals surface area contributed by atoms with E-state index < -0.39 is 15.9 Å². The molecule has 0 radical (unpaired) electrons. The molecule has 0 aliphatic heterocycles. The number of pyridine rings is 1. The fourth-order valence-electron chi connectivity index (χ4n) is 3.50. The minimum Gasteiger partial charge on any atom is -0.506 e. The lowest BCUT2D eigenvalue weighted by Gasteiger charge is -2.14. The summed E-state index contributed by atoms with van der Waals surface area (Å²) in [5, 5.41) is 13.3. The molecule has 4 aromatic rings. The van der Waals surface area contributed by atoms with Gasteiger partial charge in [0.1, 0.15) is 11.5 Å². The van der Waals surface area contributed by atoms with Gasteiger partial charge in [0.15, 0.2) is 0 Å². The van der Waals surface area contributed by atoms with Crippen molar-refractivity contribution in [3.63, 3.8) is 0 Å². The topological polar surface area (TPSA) is 127 Å². The van der Waals surface area contributed by atoms with E-state index >= 15 is 0 Å². The molecule has 0 aliphatic rings. The molecule has 0 spiro atoms. The highest BCUT2D eigenvalue weighted by Gasteiger charge is 2.20. The second-order valence-corrected chi connectivity index (χ2v) is 9.09. The molecule has 34 heavy (non-hydrogen) atoms. The number of nitrogens with zero attached hydrogens (tertiary/aromatic N) is 1. The number of para-hydroxylation sites is 3. The molecule has 0 bridgehead atoms. The van der Waals surface area contributed by atoms with E-state index in [0.717, 1.165) is 12.1 Å². The molecule has 0 unspecified atom stereocenters. The minimum atomic E-state index is -4.08. The summed E-state index contributed by atoms with van der Waals surface area (Å²) in [5.74, 6) is -0.676. The highest BCUT2D eigenvalue weighted by atomic mass is 32.2. The number of fused-ring (bicyclic) bond motifs is 1. The number of phenolic OH excluding ortho intramolecular Hbond substituents is 1. The predicted octanol–water partition coefficient (Wildman–Crippen LogP) is 3.31. The lowest BCUT2D eigenvalue weighted by Crippen LogP contribution is -2.22. The number of amides is 1. The average Bonchev–Trinajstić information content (AvgIpc) is 2.82. The Balaban J connectivity index is 1.69. The standard InChI is InChI=1S/C24H21N3O6S/c1-27-20-9-5-3-7-16(20)17(14-23(27)29)24(30)25-19-13-15(11-12-21(19)28)34(31,32)26-18-8-4-6-10-22(18)33-2/h3-14,26,28H,1-2H3,(H,25,30). The number of aryl methyl sites for hydroxylation is 1. The summed E-state index contributed by atoms with van der Waals surface area (Å²) in [7, 11) is -1.06. The first-order chi connectivity index (χ1) is 16.2. The fraction of sp³-hybridized carbons (Fsp3) is 0.0833. The zero-order valence-electron chi connectivity index (χ0n) is 18.3. The highest BCUT2D eigenvalue weighted by molar-refractivity contribution is 7.92. The van der Waals surface area contributed by atoms with Crippen molar-refractivity contribution in [1.82, 2.24) is 4.57 Å². The van der Waals surface area contributed by atoms with Gasteiger partial charge in [0.25, 0.3) is 21.5 Å². The Kier molecular flexibility index (Phi) is 5.99. The fourth-order valence-corrected chi connectivity index (χ4v) is 4.60. The third-order valence-corrected chi connectivity index (χ3v) is 6.64. The lowest BCUT2D eigenvalue weighted by molar-refractivity contribution is 0.102. The van der Waals surface area contributed by atoms with Gasteiger partial charge in [-0.1, -0.05) is 30.3 Å². The first-order valence-corrected chi connectivity index (χ1v) is 11.6. The van der Waals surface area contributed by atoms with Crippen molar-refractivity contribution < 1.29 is 23.1 Å². The quantitative estimate of drug-likeness (QED) is 0.364. The molecule has 10 heteroatoms. The van der Waals surface area contributed by atoms with E-state index in [1.807, 2.05) is 0 Å². The number of sulfonamides is 1. The summed E-state index contributed by atoms with van der Waals surface area (Å²) in [6.07, 6.45) is 0. The van der Waals surface area contributed by atoms with E-state index in [2.05, 4.69) is 10.0 Å². The van der Waals surface area contributed by atoms with Crippen LogP contribution in [0.5, 0.6) is 11.5 Å². The van der Waals surface area contributed by atoms with Gasteiger partial charge in [-0.2, -0.15) is 0 Å². The van der Waals surface area contributed by atoms with E-state index in [4.69, 9.17) is 4.74 Å². The maximum Gasteiger partial charge on any atom is 0.262 e. The van der Waals surface area contributed by atoms with Crippen LogP contribution in [0.1, 0.15) is 10.4 Å². The predicted molar refractivity (Wildman–Crippen MR) is 129 cm³/mol. The van der Waals surface area contributed by atoms with Crippen LogP contribution in [0.4, 0.5) is 11.4 Å². The van der Waals surface area contributed by atoms with Gasteiger partial charge in [-0.3, -0.25) is 14.3 Å². The Bertz CT molecular complexity index is 1580. The van der Waals surface area contributed by atoms with Crippen LogP contribution in [0.3, 0.4) is 0 Å². The third kappa shape index (κ3) is 4.30. The molecule has 0 aliphatic carbocycles. The van der Waals surface area contributed by atoms with E-state index in [1.165, 1.54) is 23.8 Å². The van der Waals surface area contributed by atoms with Gasteiger partial charge in [-0.05, 0) is 36.4 Å². The SMILES string of the molecule is COc1ccccc1NS(=O)(=O)c1ccc(O)c(NC(=O)c2cc(=O)n(C)c3ccccc23)c1. The Labute approximate surface area is 195 Å². The number of phenols is 1. The van der Waals surface area contributed by atoms with E-state index in [9.17, 15) is 23.1 Å². The molecule has 0 atom stereocenters. The number of carbonyl (C=O) groups is 1. The van der Waals surface area contributed by atoms with Gasteiger partial charge < -0.3 is 19.7 Å². The third-order valence-electron chi connectivity index (χ3n) is 5.28. The molecule has 0 fully saturated rings. The molecule has 0 saturated carbocycles. The zero-order valence-corrected chi connectivity index (χ0v) is 19.1. The van der Waals surface area contributed by atoms with Crippen LogP contribution < -0.4 is 20.3 Å². The van der Waals surface area contributed by atoms with Crippen molar-refractivity contribution in [2.24, 2.45) is 7.05 Å². The van der Waals surface area contributed by atoms with Crippen molar-refractivity contribution in [3.05, 3.63) is 88.7 Å². The molecular formula is C24H21N3O6S. The molecule has 1 aromatic heterocycles. The summed E-state index contributed by atoms with van der Waals surface area (Å²) < 4.78 is 34.9. The van der Waals surface area contributed by atoms with Crippen molar-refractivity contribution in [2.45, 2.75) is 4.90 Å². The van der Waals surface area contributed by atoms with Crippen molar-refractivity contribution in [3.8, 4) is 11.5 Å². The summed E-state index contributed by atoms with van der Waals surface area (Å²) in [5.41, 5.74) is 0.374. The van der Waals surface area contributed by atoms with Gasteiger partial charge in [0, 0.05) is 18.5 Å². The normalized spacial score (nSPS) is 11.2. The molecule has 3 N–H and O–H groups in total. The van der Waals surface area contributed by atoms with Crippen LogP contribution in [0.2, 0.25) is 0 Å². The molecule has 9 nitrogen and oxygen atoms in total.